The lowest BCUT2D eigenvalue weighted by Gasteiger charge is -2.46. The minimum atomic E-state index is -0.0246. The number of amides is 1. The van der Waals surface area contributed by atoms with E-state index in [1.165, 1.54) is 15.8 Å². The van der Waals surface area contributed by atoms with Gasteiger partial charge in [-0.15, -0.1) is 11.3 Å². The van der Waals surface area contributed by atoms with E-state index in [-0.39, 0.29) is 17.5 Å². The first kappa shape index (κ1) is 23.8. The van der Waals surface area contributed by atoms with Crippen LogP contribution in [0.4, 0.5) is 0 Å². The van der Waals surface area contributed by atoms with Crippen molar-refractivity contribution in [3.05, 3.63) is 94.3 Å². The first-order chi connectivity index (χ1) is 17.0. The van der Waals surface area contributed by atoms with Gasteiger partial charge < -0.3 is 15.2 Å². The molecule has 2 N–H and O–H groups in total. The van der Waals surface area contributed by atoms with Crippen LogP contribution in [0, 0.1) is 0 Å². The van der Waals surface area contributed by atoms with Crippen LogP contribution < -0.4 is 5.32 Å². The third-order valence-electron chi connectivity index (χ3n) is 7.53. The Labute approximate surface area is 211 Å². The minimum Gasteiger partial charge on any atom is -0.361 e. The molecule has 2 aromatic carbocycles. The van der Waals surface area contributed by atoms with E-state index >= 15 is 0 Å². The van der Waals surface area contributed by atoms with Crippen molar-refractivity contribution < 1.29 is 4.79 Å². The SMILES string of the molecule is CN(C)C1(c2cccs2)CCN(C(=O)CC(NCc2ccc3[nH]ccc3c2)c2ccccc2)CC1. The number of likely N-dealkylation sites (tertiary alicyclic amines) is 1. The topological polar surface area (TPSA) is 51.4 Å². The first-order valence-electron chi connectivity index (χ1n) is 12.4. The average molecular weight is 487 g/mol. The predicted octanol–water partition coefficient (Wildman–Crippen LogP) is 5.53. The molecule has 0 aliphatic carbocycles. The second-order valence-corrected chi connectivity index (χ2v) is 10.7. The molecule has 1 unspecified atom stereocenters. The standard InChI is InChI=1S/C29H34N4OS/c1-32(2)29(27-9-6-18-35-27)13-16-33(17-14-29)28(34)20-26(23-7-4-3-5-8-23)31-21-22-10-11-25-24(19-22)12-15-30-25/h3-12,15,18-19,26,30-31H,13-14,16-17,20-21H2,1-2H3. The van der Waals surface area contributed by atoms with E-state index in [1.54, 1.807) is 0 Å². The maximum atomic E-state index is 13.5. The number of benzene rings is 2. The van der Waals surface area contributed by atoms with Crippen LogP contribution in [0.3, 0.4) is 0 Å². The first-order valence-corrected chi connectivity index (χ1v) is 13.3. The van der Waals surface area contributed by atoms with Crippen LogP contribution in [-0.2, 0) is 16.9 Å². The summed E-state index contributed by atoms with van der Waals surface area (Å²) < 4.78 is 0. The summed E-state index contributed by atoms with van der Waals surface area (Å²) in [6, 6.07) is 23.3. The zero-order valence-electron chi connectivity index (χ0n) is 20.5. The number of thiophene rings is 1. The maximum absolute atomic E-state index is 13.5. The molecule has 182 valence electrons. The number of hydrogen-bond acceptors (Lipinski definition) is 4. The number of hydrogen-bond donors (Lipinski definition) is 2. The van der Waals surface area contributed by atoms with Crippen LogP contribution in [0.2, 0.25) is 0 Å². The molecule has 2 aromatic heterocycles. The van der Waals surface area contributed by atoms with Crippen molar-refractivity contribution in [3.63, 3.8) is 0 Å². The lowest BCUT2D eigenvalue weighted by Crippen LogP contribution is -2.51. The molecule has 1 saturated heterocycles. The van der Waals surface area contributed by atoms with Gasteiger partial charge in [-0.25, -0.2) is 0 Å². The van der Waals surface area contributed by atoms with Crippen LogP contribution in [0.1, 0.15) is 41.3 Å². The number of nitrogens with zero attached hydrogens (tertiary/aromatic N) is 2. The Morgan fingerprint density at radius 1 is 1.09 bits per heavy atom. The number of carbonyl (C=O) groups excluding carboxylic acids is 1. The van der Waals surface area contributed by atoms with E-state index in [4.69, 9.17) is 0 Å². The molecule has 0 radical (unpaired) electrons. The quantitative estimate of drug-likeness (QED) is 0.344. The van der Waals surface area contributed by atoms with Crippen LogP contribution in [0.5, 0.6) is 0 Å². The number of aromatic nitrogens is 1. The van der Waals surface area contributed by atoms with Gasteiger partial charge in [-0.2, -0.15) is 0 Å². The molecule has 1 atom stereocenters. The number of nitrogens with one attached hydrogen (secondary N) is 2. The molecule has 6 heteroatoms. The molecule has 3 heterocycles. The fourth-order valence-corrected chi connectivity index (χ4v) is 6.40. The van der Waals surface area contributed by atoms with E-state index in [9.17, 15) is 4.79 Å². The Bertz CT molecular complexity index is 1240. The molecule has 0 bridgehead atoms. The summed E-state index contributed by atoms with van der Waals surface area (Å²) >= 11 is 1.82. The molecule has 5 nitrogen and oxygen atoms in total. The Morgan fingerprint density at radius 2 is 1.89 bits per heavy atom. The number of H-pyrrole nitrogens is 1. The summed E-state index contributed by atoms with van der Waals surface area (Å²) in [5.74, 6) is 0.228. The van der Waals surface area contributed by atoms with E-state index in [2.05, 4.69) is 88.1 Å². The number of fused-ring (bicyclic) bond motifs is 1. The van der Waals surface area contributed by atoms with E-state index in [0.29, 0.717) is 6.42 Å². The van der Waals surface area contributed by atoms with Gasteiger partial charge in [0.1, 0.15) is 0 Å². The number of piperidine rings is 1. The largest absolute Gasteiger partial charge is 0.361 e. The van der Waals surface area contributed by atoms with Gasteiger partial charge in [-0.05, 0) is 73.1 Å². The summed E-state index contributed by atoms with van der Waals surface area (Å²) in [5.41, 5.74) is 3.54. The lowest BCUT2D eigenvalue weighted by atomic mass is 9.84. The van der Waals surface area contributed by atoms with Gasteiger partial charge in [0.15, 0.2) is 0 Å². The van der Waals surface area contributed by atoms with Gasteiger partial charge in [0.2, 0.25) is 5.91 Å². The molecule has 5 rings (SSSR count). The highest BCUT2D eigenvalue weighted by atomic mass is 32.1. The van der Waals surface area contributed by atoms with Crippen LogP contribution >= 0.6 is 11.3 Å². The average Bonchev–Trinajstić information content (AvgIpc) is 3.59. The molecule has 0 spiro atoms. The predicted molar refractivity (Wildman–Crippen MR) is 144 cm³/mol. The highest BCUT2D eigenvalue weighted by Crippen LogP contribution is 2.40. The fourth-order valence-electron chi connectivity index (χ4n) is 5.33. The monoisotopic (exact) mass is 486 g/mol. The number of rotatable bonds is 8. The molecular formula is C29H34N4OS. The summed E-state index contributed by atoms with van der Waals surface area (Å²) in [5, 5.41) is 7.03. The van der Waals surface area contributed by atoms with Crippen molar-refractivity contribution in [2.45, 2.75) is 37.4 Å². The number of carbonyl (C=O) groups is 1. The molecule has 1 aliphatic heterocycles. The third-order valence-corrected chi connectivity index (χ3v) is 8.59. The lowest BCUT2D eigenvalue weighted by molar-refractivity contribution is -0.134. The highest BCUT2D eigenvalue weighted by molar-refractivity contribution is 7.10. The van der Waals surface area contributed by atoms with Crippen molar-refractivity contribution >= 4 is 28.1 Å². The van der Waals surface area contributed by atoms with Gasteiger partial charge in [0.05, 0.1) is 5.54 Å². The van der Waals surface area contributed by atoms with E-state index < -0.39 is 0 Å². The fraction of sp³-hybridized carbons (Fsp3) is 0.345. The molecule has 0 saturated carbocycles. The third kappa shape index (κ3) is 5.06. The van der Waals surface area contributed by atoms with Crippen molar-refractivity contribution in [3.8, 4) is 0 Å². The van der Waals surface area contributed by atoms with Crippen LogP contribution in [0.25, 0.3) is 10.9 Å². The van der Waals surface area contributed by atoms with Gasteiger partial charge in [-0.1, -0.05) is 42.5 Å². The van der Waals surface area contributed by atoms with Crippen molar-refractivity contribution in [2.75, 3.05) is 27.2 Å². The van der Waals surface area contributed by atoms with Crippen molar-refractivity contribution in [1.29, 1.82) is 0 Å². The molecule has 35 heavy (non-hydrogen) atoms. The summed E-state index contributed by atoms with van der Waals surface area (Å²) in [7, 11) is 4.33. The maximum Gasteiger partial charge on any atom is 0.224 e. The second kappa shape index (κ2) is 10.4. The van der Waals surface area contributed by atoms with Gasteiger partial charge in [-0.3, -0.25) is 9.69 Å². The molecule has 1 aliphatic rings. The summed E-state index contributed by atoms with van der Waals surface area (Å²) in [6.07, 6.45) is 4.36. The van der Waals surface area contributed by atoms with E-state index in [1.807, 2.05) is 35.7 Å². The molecule has 4 aromatic rings. The van der Waals surface area contributed by atoms with Gasteiger partial charge in [0.25, 0.3) is 0 Å². The zero-order valence-corrected chi connectivity index (χ0v) is 21.4. The molecule has 1 fully saturated rings. The van der Waals surface area contributed by atoms with E-state index in [0.717, 1.165) is 43.6 Å². The Balaban J connectivity index is 1.26. The van der Waals surface area contributed by atoms with Crippen LogP contribution in [0.15, 0.2) is 78.3 Å². The summed E-state index contributed by atoms with van der Waals surface area (Å²) in [6.45, 7) is 2.30. The Morgan fingerprint density at radius 3 is 2.60 bits per heavy atom. The number of aromatic amines is 1. The second-order valence-electron chi connectivity index (χ2n) is 9.73. The van der Waals surface area contributed by atoms with Crippen LogP contribution in [-0.4, -0.2) is 47.9 Å². The van der Waals surface area contributed by atoms with Gasteiger partial charge in [0, 0.05) is 48.7 Å². The molecular weight excluding hydrogens is 452 g/mol. The Kier molecular flexibility index (Phi) is 7.04. The van der Waals surface area contributed by atoms with Crippen molar-refractivity contribution in [1.82, 2.24) is 20.1 Å². The molecule has 1 amide bonds. The normalized spacial score (nSPS) is 16.6. The smallest absolute Gasteiger partial charge is 0.224 e. The zero-order chi connectivity index (χ0) is 24.3. The minimum absolute atomic E-state index is 0.0246. The van der Waals surface area contributed by atoms with Crippen molar-refractivity contribution in [2.24, 2.45) is 0 Å². The highest BCUT2D eigenvalue weighted by Gasteiger charge is 2.40. The Hall–Kier alpha value is -2.93. The summed E-state index contributed by atoms with van der Waals surface area (Å²) in [4.78, 5) is 22.5. The van der Waals surface area contributed by atoms with Gasteiger partial charge >= 0.3 is 0 Å².